The quantitative estimate of drug-likeness (QED) is 0.678. The van der Waals surface area contributed by atoms with Crippen molar-refractivity contribution >= 4 is 27.5 Å². The van der Waals surface area contributed by atoms with Gasteiger partial charge in [-0.2, -0.15) is 0 Å². The molecule has 0 saturated carbocycles. The van der Waals surface area contributed by atoms with E-state index in [-0.39, 0.29) is 10.6 Å². The topological polar surface area (TPSA) is 18.5 Å². The van der Waals surface area contributed by atoms with Crippen molar-refractivity contribution < 1.29 is 13.9 Å². The predicted molar refractivity (Wildman–Crippen MR) is 86.5 cm³/mol. The first kappa shape index (κ1) is 16.1. The molecule has 0 spiro atoms. The van der Waals surface area contributed by atoms with Crippen LogP contribution >= 0.6 is 27.5 Å². The number of benzene rings is 2. The Labute approximate surface area is 137 Å². The fourth-order valence-electron chi connectivity index (χ4n) is 2.07. The molecule has 0 aliphatic rings. The molecule has 5 heteroatoms. The van der Waals surface area contributed by atoms with Crippen LogP contribution in [-0.4, -0.2) is 14.2 Å². The Morgan fingerprint density at radius 2 is 1.71 bits per heavy atom. The van der Waals surface area contributed by atoms with Crippen molar-refractivity contribution in [3.05, 3.63) is 57.9 Å². The van der Waals surface area contributed by atoms with Gasteiger partial charge in [-0.05, 0) is 30.2 Å². The molecule has 2 nitrogen and oxygen atoms in total. The molecule has 0 saturated heterocycles. The van der Waals surface area contributed by atoms with Crippen molar-refractivity contribution in [2.45, 2.75) is 11.8 Å². The van der Waals surface area contributed by atoms with Crippen LogP contribution in [0.1, 0.15) is 21.5 Å². The van der Waals surface area contributed by atoms with Crippen LogP contribution in [0.3, 0.4) is 0 Å². The van der Waals surface area contributed by atoms with Crippen molar-refractivity contribution in [2.24, 2.45) is 0 Å². The molecule has 0 N–H and O–H groups in total. The second-order valence-corrected chi connectivity index (χ2v) is 5.92. The van der Waals surface area contributed by atoms with Gasteiger partial charge in [0.25, 0.3) is 0 Å². The van der Waals surface area contributed by atoms with Gasteiger partial charge in [-0.3, -0.25) is 0 Å². The highest BCUT2D eigenvalue weighted by Crippen LogP contribution is 2.39. The third-order valence-corrected chi connectivity index (χ3v) is 4.70. The average molecular weight is 374 g/mol. The van der Waals surface area contributed by atoms with Crippen LogP contribution in [0.25, 0.3) is 0 Å². The standard InChI is InChI=1S/C16H15BrClFO2/c1-9-6-10(4-5-12(9)18)16(17)11-7-14(20-2)15(21-3)8-13(11)19/h4-8,16H,1-3H3. The van der Waals surface area contributed by atoms with E-state index in [9.17, 15) is 4.39 Å². The number of alkyl halides is 1. The van der Waals surface area contributed by atoms with E-state index < -0.39 is 0 Å². The minimum absolute atomic E-state index is 0.298. The van der Waals surface area contributed by atoms with Crippen LogP contribution in [-0.2, 0) is 0 Å². The van der Waals surface area contributed by atoms with Crippen molar-refractivity contribution in [3.63, 3.8) is 0 Å². The van der Waals surface area contributed by atoms with E-state index >= 15 is 0 Å². The van der Waals surface area contributed by atoms with E-state index in [1.807, 2.05) is 19.1 Å². The lowest BCUT2D eigenvalue weighted by Gasteiger charge is -2.16. The number of hydrogen-bond acceptors (Lipinski definition) is 2. The lowest BCUT2D eigenvalue weighted by molar-refractivity contribution is 0.351. The Balaban J connectivity index is 2.47. The zero-order chi connectivity index (χ0) is 15.6. The Hall–Kier alpha value is -1.26. The average Bonchev–Trinajstić information content (AvgIpc) is 2.49. The molecule has 0 aliphatic carbocycles. The molecule has 0 radical (unpaired) electrons. The maximum absolute atomic E-state index is 14.3. The van der Waals surface area contributed by atoms with Crippen molar-refractivity contribution in [3.8, 4) is 11.5 Å². The molecule has 0 amide bonds. The number of ether oxygens (including phenoxy) is 2. The second kappa shape index (κ2) is 6.67. The highest BCUT2D eigenvalue weighted by atomic mass is 79.9. The van der Waals surface area contributed by atoms with Gasteiger partial charge in [0.2, 0.25) is 0 Å². The number of hydrogen-bond donors (Lipinski definition) is 0. The Kier molecular flexibility index (Phi) is 5.12. The predicted octanol–water partition coefficient (Wildman–Crippen LogP) is 5.29. The number of aryl methyl sites for hydroxylation is 1. The lowest BCUT2D eigenvalue weighted by atomic mass is 10.0. The minimum Gasteiger partial charge on any atom is -0.493 e. The molecule has 1 atom stereocenters. The summed E-state index contributed by atoms with van der Waals surface area (Å²) in [6, 6.07) is 8.56. The molecule has 21 heavy (non-hydrogen) atoms. The summed E-state index contributed by atoms with van der Waals surface area (Å²) in [6.45, 7) is 1.91. The summed E-state index contributed by atoms with van der Waals surface area (Å²) >= 11 is 9.56. The summed E-state index contributed by atoms with van der Waals surface area (Å²) < 4.78 is 24.6. The van der Waals surface area contributed by atoms with Gasteiger partial charge >= 0.3 is 0 Å². The first-order chi connectivity index (χ1) is 9.97. The molecule has 0 aromatic heterocycles. The van der Waals surface area contributed by atoms with Gasteiger partial charge in [0, 0.05) is 16.7 Å². The first-order valence-corrected chi connectivity index (χ1v) is 7.58. The molecular weight excluding hydrogens is 359 g/mol. The zero-order valence-electron chi connectivity index (χ0n) is 11.9. The Morgan fingerprint density at radius 3 is 2.29 bits per heavy atom. The molecule has 112 valence electrons. The van der Waals surface area contributed by atoms with Gasteiger partial charge in [-0.25, -0.2) is 4.39 Å². The van der Waals surface area contributed by atoms with Crippen molar-refractivity contribution in [1.29, 1.82) is 0 Å². The van der Waals surface area contributed by atoms with Crippen molar-refractivity contribution in [1.82, 2.24) is 0 Å². The largest absolute Gasteiger partial charge is 0.493 e. The molecule has 0 fully saturated rings. The number of halogens is 3. The van der Waals surface area contributed by atoms with Crippen LogP contribution in [0.2, 0.25) is 5.02 Å². The van der Waals surface area contributed by atoms with Gasteiger partial charge in [-0.1, -0.05) is 39.7 Å². The summed E-state index contributed by atoms with van der Waals surface area (Å²) in [4.78, 5) is -0.298. The Bertz CT molecular complexity index is 661. The molecule has 0 aliphatic heterocycles. The van der Waals surface area contributed by atoms with Crippen LogP contribution in [0.4, 0.5) is 4.39 Å². The third kappa shape index (κ3) is 3.33. The highest BCUT2D eigenvalue weighted by Gasteiger charge is 2.19. The van der Waals surface area contributed by atoms with E-state index in [1.54, 1.807) is 12.1 Å². The van der Waals surface area contributed by atoms with Crippen molar-refractivity contribution in [2.75, 3.05) is 14.2 Å². The van der Waals surface area contributed by atoms with Gasteiger partial charge < -0.3 is 9.47 Å². The lowest BCUT2D eigenvalue weighted by Crippen LogP contribution is -2.00. The molecule has 1 unspecified atom stereocenters. The Morgan fingerprint density at radius 1 is 1.10 bits per heavy atom. The number of methoxy groups -OCH3 is 2. The summed E-state index contributed by atoms with van der Waals surface area (Å²) in [5.74, 6) is 0.497. The number of rotatable bonds is 4. The summed E-state index contributed by atoms with van der Waals surface area (Å²) in [5, 5.41) is 0.686. The SMILES string of the molecule is COc1cc(F)c(C(Br)c2ccc(Cl)c(C)c2)cc1OC. The maximum Gasteiger partial charge on any atom is 0.163 e. The van der Waals surface area contributed by atoms with Crippen LogP contribution in [0.5, 0.6) is 11.5 Å². The molecular formula is C16H15BrClFO2. The highest BCUT2D eigenvalue weighted by molar-refractivity contribution is 9.09. The zero-order valence-corrected chi connectivity index (χ0v) is 14.3. The second-order valence-electron chi connectivity index (χ2n) is 4.60. The van der Waals surface area contributed by atoms with Gasteiger partial charge in [-0.15, -0.1) is 0 Å². The summed E-state index contributed by atoms with van der Waals surface area (Å²) in [6.07, 6.45) is 0. The molecule has 2 aromatic carbocycles. The summed E-state index contributed by atoms with van der Waals surface area (Å²) in [5.41, 5.74) is 2.34. The molecule has 2 aromatic rings. The van der Waals surface area contributed by atoms with Gasteiger partial charge in [0.1, 0.15) is 5.82 Å². The van der Waals surface area contributed by atoms with E-state index in [1.165, 1.54) is 20.3 Å². The fraction of sp³-hybridized carbons (Fsp3) is 0.250. The fourth-order valence-corrected chi connectivity index (χ4v) is 2.82. The smallest absolute Gasteiger partial charge is 0.163 e. The first-order valence-electron chi connectivity index (χ1n) is 6.29. The van der Waals surface area contributed by atoms with E-state index in [2.05, 4.69) is 15.9 Å². The van der Waals surface area contributed by atoms with E-state index in [4.69, 9.17) is 21.1 Å². The van der Waals surface area contributed by atoms with Gasteiger partial charge in [0.15, 0.2) is 11.5 Å². The third-order valence-electron chi connectivity index (χ3n) is 3.25. The van der Waals surface area contributed by atoms with Crippen LogP contribution in [0.15, 0.2) is 30.3 Å². The minimum atomic E-state index is -0.359. The van der Waals surface area contributed by atoms with Gasteiger partial charge in [0.05, 0.1) is 19.0 Å². The van der Waals surface area contributed by atoms with Crippen LogP contribution < -0.4 is 9.47 Å². The molecule has 2 rings (SSSR count). The summed E-state index contributed by atoms with van der Waals surface area (Å²) in [7, 11) is 3.00. The molecule has 0 bridgehead atoms. The maximum atomic E-state index is 14.3. The van der Waals surface area contributed by atoms with E-state index in [0.29, 0.717) is 22.1 Å². The normalized spacial score (nSPS) is 12.1. The van der Waals surface area contributed by atoms with Crippen LogP contribution in [0, 0.1) is 12.7 Å². The molecule has 0 heterocycles. The monoisotopic (exact) mass is 372 g/mol. The van der Waals surface area contributed by atoms with E-state index in [0.717, 1.165) is 11.1 Å².